The van der Waals surface area contributed by atoms with Gasteiger partial charge in [0.05, 0.1) is 15.9 Å². The van der Waals surface area contributed by atoms with E-state index in [1.807, 2.05) is 28.7 Å². The lowest BCUT2D eigenvalue weighted by atomic mass is 9.91. The van der Waals surface area contributed by atoms with Crippen LogP contribution in [0.4, 0.5) is 11.4 Å². The van der Waals surface area contributed by atoms with Crippen LogP contribution in [0, 0.1) is 35.1 Å². The number of nitro benzene ring substituents is 2. The van der Waals surface area contributed by atoms with Crippen molar-refractivity contribution in [3.05, 3.63) is 77.4 Å². The topological polar surface area (TPSA) is 127 Å². The zero-order chi connectivity index (χ0) is 18.6. The van der Waals surface area contributed by atoms with Crippen molar-refractivity contribution in [2.45, 2.75) is 12.3 Å². The Kier molecular flexibility index (Phi) is 5.76. The number of carbonyl (C=O) groups excluding carboxylic acids is 1. The van der Waals surface area contributed by atoms with Crippen LogP contribution in [0.3, 0.4) is 0 Å². The Balaban J connectivity index is 2.40. The normalized spacial score (nSPS) is 11.4. The summed E-state index contributed by atoms with van der Waals surface area (Å²) in [6, 6.07) is 12.3. The summed E-state index contributed by atoms with van der Waals surface area (Å²) in [6.45, 7) is 0. The van der Waals surface area contributed by atoms with Crippen molar-refractivity contribution >= 4 is 39.7 Å². The van der Waals surface area contributed by atoms with Crippen molar-refractivity contribution in [2.75, 3.05) is 0 Å². The highest BCUT2D eigenvalue weighted by atomic mass is 127. The minimum Gasteiger partial charge on any atom is -0.297 e. The number of carbonyl (C=O) groups is 1. The minimum absolute atomic E-state index is 0.0879. The molecule has 1 unspecified atom stereocenters. The fraction of sp³-hybridized carbons (Fsp3) is 0.125. The smallest absolute Gasteiger partial charge is 0.297 e. The van der Waals surface area contributed by atoms with E-state index in [1.165, 1.54) is 12.1 Å². The molecule has 8 nitrogen and oxygen atoms in total. The zero-order valence-corrected chi connectivity index (χ0v) is 14.7. The summed E-state index contributed by atoms with van der Waals surface area (Å²) in [5, 5.41) is 31.5. The molecule has 25 heavy (non-hydrogen) atoms. The van der Waals surface area contributed by atoms with Crippen LogP contribution in [0.2, 0.25) is 0 Å². The average molecular weight is 451 g/mol. The van der Waals surface area contributed by atoms with Crippen molar-refractivity contribution in [3.8, 4) is 6.07 Å². The van der Waals surface area contributed by atoms with E-state index in [9.17, 15) is 30.3 Å². The molecule has 0 aliphatic heterocycles. The van der Waals surface area contributed by atoms with Gasteiger partial charge in [-0.25, -0.2) is 0 Å². The van der Waals surface area contributed by atoms with Crippen LogP contribution in [-0.4, -0.2) is 15.6 Å². The molecule has 0 amide bonds. The molecule has 0 saturated heterocycles. The van der Waals surface area contributed by atoms with E-state index in [1.54, 1.807) is 24.3 Å². The van der Waals surface area contributed by atoms with Gasteiger partial charge < -0.3 is 0 Å². The Morgan fingerprint density at radius 1 is 1.16 bits per heavy atom. The lowest BCUT2D eigenvalue weighted by Crippen LogP contribution is -2.15. The number of nitro groups is 2. The van der Waals surface area contributed by atoms with Crippen LogP contribution in [0.25, 0.3) is 0 Å². The summed E-state index contributed by atoms with van der Waals surface area (Å²) in [5.74, 6) is -1.67. The Morgan fingerprint density at radius 3 is 2.40 bits per heavy atom. The molecule has 0 aliphatic rings. The van der Waals surface area contributed by atoms with E-state index in [4.69, 9.17) is 0 Å². The third-order valence-electron chi connectivity index (χ3n) is 3.48. The van der Waals surface area contributed by atoms with E-state index in [-0.39, 0.29) is 5.56 Å². The van der Waals surface area contributed by atoms with Crippen molar-refractivity contribution in [1.82, 2.24) is 0 Å². The maximum atomic E-state index is 12.5. The van der Waals surface area contributed by atoms with Gasteiger partial charge in [-0.1, -0.05) is 24.3 Å². The van der Waals surface area contributed by atoms with E-state index in [0.29, 0.717) is 5.56 Å². The van der Waals surface area contributed by atoms with Gasteiger partial charge in [0.2, 0.25) is 0 Å². The first-order valence-corrected chi connectivity index (χ1v) is 8.01. The van der Waals surface area contributed by atoms with Gasteiger partial charge >= 0.3 is 11.4 Å². The molecule has 0 aromatic heterocycles. The van der Waals surface area contributed by atoms with Gasteiger partial charge in [-0.2, -0.15) is 5.26 Å². The second kappa shape index (κ2) is 7.80. The first-order chi connectivity index (χ1) is 11.8. The molecule has 0 fully saturated rings. The van der Waals surface area contributed by atoms with Crippen LogP contribution < -0.4 is 0 Å². The third kappa shape index (κ3) is 4.16. The van der Waals surface area contributed by atoms with Gasteiger partial charge in [-0.15, -0.1) is 0 Å². The molecule has 0 aliphatic carbocycles. The molecule has 126 valence electrons. The molecule has 0 bridgehead atoms. The summed E-state index contributed by atoms with van der Waals surface area (Å²) < 4.78 is 0.837. The lowest BCUT2D eigenvalue weighted by Gasteiger charge is -2.09. The van der Waals surface area contributed by atoms with Crippen LogP contribution in [-0.2, 0) is 11.2 Å². The second-order valence-electron chi connectivity index (χ2n) is 5.06. The molecule has 0 N–H and O–H groups in total. The summed E-state index contributed by atoms with van der Waals surface area (Å²) >= 11 is 2.04. The molecule has 1 atom stereocenters. The number of hydrogen-bond acceptors (Lipinski definition) is 6. The maximum absolute atomic E-state index is 12.5. The molecular formula is C16H10IN3O5. The lowest BCUT2D eigenvalue weighted by molar-refractivity contribution is -0.422. The van der Waals surface area contributed by atoms with Crippen molar-refractivity contribution < 1.29 is 14.6 Å². The zero-order valence-electron chi connectivity index (χ0n) is 12.6. The molecule has 0 radical (unpaired) electrons. The number of nitrogens with zero attached hydrogens (tertiary/aromatic N) is 3. The molecule has 9 heteroatoms. The molecule has 2 rings (SSSR count). The summed E-state index contributed by atoms with van der Waals surface area (Å²) in [4.78, 5) is 32.9. The largest absolute Gasteiger partial charge is 0.349 e. The molecule has 2 aromatic rings. The highest BCUT2D eigenvalue weighted by Crippen LogP contribution is 2.32. The summed E-state index contributed by atoms with van der Waals surface area (Å²) in [7, 11) is 0. The fourth-order valence-electron chi connectivity index (χ4n) is 2.39. The third-order valence-corrected chi connectivity index (χ3v) is 4.15. The maximum Gasteiger partial charge on any atom is 0.349 e. The SMILES string of the molecule is N#CC(C(=O)Cc1cccc([N+](=O)[O-])c1[N+](=O)[O-])c1cccc(I)c1. The molecule has 0 heterocycles. The monoisotopic (exact) mass is 451 g/mol. The molecule has 2 aromatic carbocycles. The van der Waals surface area contributed by atoms with Crippen LogP contribution >= 0.6 is 22.6 Å². The number of rotatable bonds is 6. The summed E-state index contributed by atoms with van der Waals surface area (Å²) in [5.41, 5.74) is -1.01. The van der Waals surface area contributed by atoms with Gasteiger partial charge in [0.25, 0.3) is 0 Å². The van der Waals surface area contributed by atoms with E-state index in [0.717, 1.165) is 9.64 Å². The number of benzene rings is 2. The van der Waals surface area contributed by atoms with Crippen molar-refractivity contribution in [3.63, 3.8) is 0 Å². The second-order valence-corrected chi connectivity index (χ2v) is 6.30. The van der Waals surface area contributed by atoms with Crippen LogP contribution in [0.15, 0.2) is 42.5 Å². The average Bonchev–Trinajstić information content (AvgIpc) is 2.55. The van der Waals surface area contributed by atoms with Gasteiger partial charge in [0.15, 0.2) is 5.78 Å². The number of nitriles is 1. The van der Waals surface area contributed by atoms with Gasteiger partial charge in [0, 0.05) is 21.6 Å². The Hall–Kier alpha value is -2.87. The van der Waals surface area contributed by atoms with Gasteiger partial charge in [-0.3, -0.25) is 25.0 Å². The number of hydrogen-bond donors (Lipinski definition) is 0. The van der Waals surface area contributed by atoms with Gasteiger partial charge in [0.1, 0.15) is 5.92 Å². The quantitative estimate of drug-likeness (QED) is 0.376. The number of halogens is 1. The predicted octanol–water partition coefficient (Wildman–Crippen LogP) is 3.53. The van der Waals surface area contributed by atoms with Crippen LogP contribution in [0.1, 0.15) is 17.0 Å². The minimum atomic E-state index is -1.10. The van der Waals surface area contributed by atoms with Crippen LogP contribution in [0.5, 0.6) is 0 Å². The first kappa shape index (κ1) is 18.5. The van der Waals surface area contributed by atoms with E-state index in [2.05, 4.69) is 0 Å². The number of ketones is 1. The van der Waals surface area contributed by atoms with E-state index < -0.39 is 39.3 Å². The molecule has 0 spiro atoms. The Bertz CT molecular complexity index is 907. The summed E-state index contributed by atoms with van der Waals surface area (Å²) in [6.07, 6.45) is -0.443. The number of Topliss-reactive ketones (excluding diaryl/α,β-unsaturated/α-hetero) is 1. The predicted molar refractivity (Wildman–Crippen MR) is 96.0 cm³/mol. The Morgan fingerprint density at radius 2 is 1.84 bits per heavy atom. The first-order valence-electron chi connectivity index (χ1n) is 6.93. The van der Waals surface area contributed by atoms with E-state index >= 15 is 0 Å². The molecular weight excluding hydrogens is 441 g/mol. The van der Waals surface area contributed by atoms with Crippen molar-refractivity contribution in [2.24, 2.45) is 0 Å². The van der Waals surface area contributed by atoms with Crippen molar-refractivity contribution in [1.29, 1.82) is 5.26 Å². The highest BCUT2D eigenvalue weighted by Gasteiger charge is 2.30. The highest BCUT2D eigenvalue weighted by molar-refractivity contribution is 14.1. The van der Waals surface area contributed by atoms with Gasteiger partial charge in [-0.05, 0) is 40.3 Å². The number of para-hydroxylation sites is 1. The fourth-order valence-corrected chi connectivity index (χ4v) is 2.95. The standard InChI is InChI=1S/C16H10IN3O5/c17-12-5-1-3-10(7-12)13(9-18)15(21)8-11-4-2-6-14(19(22)23)16(11)20(24)25/h1-7,13H,8H2. The Labute approximate surface area is 155 Å². The molecule has 0 saturated carbocycles.